The van der Waals surface area contributed by atoms with Crippen molar-refractivity contribution in [3.63, 3.8) is 0 Å². The molecule has 3 aromatic rings. The van der Waals surface area contributed by atoms with Gasteiger partial charge in [0.15, 0.2) is 10.8 Å². The zero-order valence-electron chi connectivity index (χ0n) is 24.6. The zero-order chi connectivity index (χ0) is 32.8. The van der Waals surface area contributed by atoms with Gasteiger partial charge in [0.25, 0.3) is 0 Å². The molecule has 0 radical (unpaired) electrons. The van der Waals surface area contributed by atoms with Crippen LogP contribution in [-0.2, 0) is 9.84 Å². The van der Waals surface area contributed by atoms with Gasteiger partial charge in [0.05, 0.1) is 22.9 Å². The molecule has 0 amide bonds. The SMILES string of the molecule is Cc1c(C2CC(O)(O)NC(O)(O)C2)cc(OC(C)C)c(Nc2ncc(Cl)c(Nc3ccccc3S(=O)(=O)C(C)(C)O)n2)c1O. The number of ether oxygens (including phenoxy) is 1. The molecule has 1 aliphatic rings. The number of nitrogens with one attached hydrogen (secondary N) is 3. The maximum atomic E-state index is 13.0. The summed E-state index contributed by atoms with van der Waals surface area (Å²) in [6, 6.07) is 7.46. The molecule has 4 rings (SSSR count). The number of aromatic nitrogens is 2. The third kappa shape index (κ3) is 7.16. The van der Waals surface area contributed by atoms with E-state index in [1.165, 1.54) is 24.4 Å². The van der Waals surface area contributed by atoms with Crippen molar-refractivity contribution in [3.8, 4) is 11.5 Å². The van der Waals surface area contributed by atoms with E-state index < -0.39 is 32.5 Å². The summed E-state index contributed by atoms with van der Waals surface area (Å²) in [5.41, 5.74) is 0.836. The average Bonchev–Trinajstić information content (AvgIpc) is 2.87. The number of anilines is 4. The smallest absolute Gasteiger partial charge is 0.229 e. The minimum atomic E-state index is -4.18. The van der Waals surface area contributed by atoms with Crippen molar-refractivity contribution in [1.29, 1.82) is 0 Å². The molecule has 0 saturated carbocycles. The van der Waals surface area contributed by atoms with Crippen molar-refractivity contribution in [3.05, 3.63) is 52.7 Å². The Morgan fingerprint density at radius 1 is 1.11 bits per heavy atom. The standard InChI is InChI=1S/C28H36ClN5O9S/c1-14(2)43-20-10-17(16-11-27(37,38)34-28(39,40)12-16)15(3)23(35)22(20)32-25-30-13-18(29)24(33-25)31-19-8-6-7-9-21(19)44(41,42)26(4,5)36/h6-10,13-14,16,34-40H,11-12H2,1-5H3,(H2,30,31,32,33). The molecule has 16 heteroatoms. The van der Waals surface area contributed by atoms with E-state index in [-0.39, 0.29) is 63.5 Å². The summed E-state index contributed by atoms with van der Waals surface area (Å²) in [5.74, 6) is -6.19. The van der Waals surface area contributed by atoms with Gasteiger partial charge < -0.3 is 46.0 Å². The van der Waals surface area contributed by atoms with Crippen LogP contribution in [0.5, 0.6) is 11.5 Å². The van der Waals surface area contributed by atoms with Gasteiger partial charge in [-0.15, -0.1) is 0 Å². The molecule has 0 unspecified atom stereocenters. The van der Waals surface area contributed by atoms with E-state index in [1.54, 1.807) is 32.9 Å². The lowest BCUT2D eigenvalue weighted by Crippen LogP contribution is -2.63. The number of hydrogen-bond acceptors (Lipinski definition) is 14. The van der Waals surface area contributed by atoms with E-state index in [9.17, 15) is 39.1 Å². The van der Waals surface area contributed by atoms with E-state index in [0.29, 0.717) is 11.1 Å². The molecular formula is C28H36ClN5O9S. The number of aliphatic hydroxyl groups is 5. The first-order valence-corrected chi connectivity index (χ1v) is 15.4. The Bertz CT molecular complexity index is 1640. The zero-order valence-corrected chi connectivity index (χ0v) is 26.2. The van der Waals surface area contributed by atoms with Crippen LogP contribution in [0.1, 0.15) is 57.6 Å². The van der Waals surface area contributed by atoms with E-state index >= 15 is 0 Å². The summed E-state index contributed by atoms with van der Waals surface area (Å²) in [6.45, 7) is 7.40. The summed E-state index contributed by atoms with van der Waals surface area (Å²) in [4.78, 5) is 6.28. The Kier molecular flexibility index (Phi) is 9.10. The van der Waals surface area contributed by atoms with Crippen molar-refractivity contribution in [1.82, 2.24) is 15.3 Å². The molecule has 0 bridgehead atoms. The largest absolute Gasteiger partial charge is 0.505 e. The highest BCUT2D eigenvalue weighted by molar-refractivity contribution is 7.92. The Hall–Kier alpha value is -3.28. The lowest BCUT2D eigenvalue weighted by molar-refractivity contribution is -0.313. The second-order valence-electron chi connectivity index (χ2n) is 11.4. The predicted molar refractivity (Wildman–Crippen MR) is 162 cm³/mol. The lowest BCUT2D eigenvalue weighted by Gasteiger charge is -2.41. The highest BCUT2D eigenvalue weighted by atomic mass is 35.5. The number of nitrogens with zero attached hydrogens (tertiary/aromatic N) is 2. The molecule has 2 aromatic carbocycles. The summed E-state index contributed by atoms with van der Waals surface area (Å²) < 4.78 is 31.9. The van der Waals surface area contributed by atoms with Gasteiger partial charge in [-0.2, -0.15) is 4.98 Å². The van der Waals surface area contributed by atoms with Crippen molar-refractivity contribution in [2.45, 2.75) is 81.1 Å². The summed E-state index contributed by atoms with van der Waals surface area (Å²) >= 11 is 6.34. The van der Waals surface area contributed by atoms with Crippen LogP contribution in [0.2, 0.25) is 5.02 Å². The lowest BCUT2D eigenvalue weighted by atomic mass is 9.83. The highest BCUT2D eigenvalue weighted by Gasteiger charge is 2.45. The molecule has 14 nitrogen and oxygen atoms in total. The molecule has 1 aliphatic heterocycles. The van der Waals surface area contributed by atoms with Gasteiger partial charge in [-0.1, -0.05) is 23.7 Å². The van der Waals surface area contributed by atoms with E-state index in [1.807, 2.05) is 5.32 Å². The van der Waals surface area contributed by atoms with Crippen molar-refractivity contribution < 1.29 is 43.8 Å². The number of phenolic OH excluding ortho intramolecular Hbond substituents is 1. The first-order valence-electron chi connectivity index (χ1n) is 13.6. The molecule has 9 N–H and O–H groups in total. The van der Waals surface area contributed by atoms with Crippen LogP contribution in [0.3, 0.4) is 0 Å². The number of rotatable bonds is 9. The molecule has 0 spiro atoms. The Morgan fingerprint density at radius 2 is 1.73 bits per heavy atom. The summed E-state index contributed by atoms with van der Waals surface area (Å²) in [7, 11) is -4.18. The fraction of sp³-hybridized carbons (Fsp3) is 0.429. The first kappa shape index (κ1) is 33.6. The Balaban J connectivity index is 1.73. The van der Waals surface area contributed by atoms with Crippen LogP contribution in [0, 0.1) is 6.92 Å². The average molecular weight is 654 g/mol. The fourth-order valence-corrected chi connectivity index (χ4v) is 6.23. The van der Waals surface area contributed by atoms with E-state index in [0.717, 1.165) is 13.8 Å². The van der Waals surface area contributed by atoms with Crippen molar-refractivity contribution in [2.24, 2.45) is 0 Å². The van der Waals surface area contributed by atoms with Gasteiger partial charge in [0.2, 0.25) is 27.6 Å². The quantitative estimate of drug-likeness (QED) is 0.120. The second kappa shape index (κ2) is 11.9. The number of sulfone groups is 1. The first-order chi connectivity index (χ1) is 20.2. The predicted octanol–water partition coefficient (Wildman–Crippen LogP) is 2.66. The third-order valence-electron chi connectivity index (χ3n) is 6.89. The van der Waals surface area contributed by atoms with Gasteiger partial charge in [0.1, 0.15) is 22.2 Å². The minimum Gasteiger partial charge on any atom is -0.505 e. The van der Waals surface area contributed by atoms with Crippen molar-refractivity contribution >= 4 is 44.6 Å². The summed E-state index contributed by atoms with van der Waals surface area (Å²) in [6.07, 6.45) is 0.251. The van der Waals surface area contributed by atoms with Crippen LogP contribution >= 0.6 is 11.6 Å². The fourth-order valence-electron chi connectivity index (χ4n) is 4.88. The number of piperidine rings is 1. The molecule has 2 heterocycles. The van der Waals surface area contributed by atoms with Crippen LogP contribution in [0.15, 0.2) is 41.4 Å². The van der Waals surface area contributed by atoms with Gasteiger partial charge in [-0.3, -0.25) is 0 Å². The van der Waals surface area contributed by atoms with Gasteiger partial charge in [-0.25, -0.2) is 18.7 Å². The summed E-state index contributed by atoms with van der Waals surface area (Å²) in [5, 5.41) is 70.0. The van der Waals surface area contributed by atoms with Crippen LogP contribution < -0.4 is 20.7 Å². The third-order valence-corrected chi connectivity index (χ3v) is 9.42. The van der Waals surface area contributed by atoms with E-state index in [2.05, 4.69) is 20.6 Å². The normalized spacial score (nSPS) is 17.0. The highest BCUT2D eigenvalue weighted by Crippen LogP contribution is 2.46. The molecule has 240 valence electrons. The molecule has 1 fully saturated rings. The van der Waals surface area contributed by atoms with Crippen LogP contribution in [0.25, 0.3) is 0 Å². The van der Waals surface area contributed by atoms with Gasteiger partial charge in [-0.05, 0) is 69.9 Å². The van der Waals surface area contributed by atoms with Crippen LogP contribution in [-0.4, -0.2) is 71.9 Å². The number of phenols is 1. The minimum absolute atomic E-state index is 0.0147. The number of benzene rings is 2. The molecular weight excluding hydrogens is 618 g/mol. The Labute approximate surface area is 259 Å². The number of aromatic hydroxyl groups is 1. The topological polar surface area (TPSA) is 227 Å². The molecule has 1 aromatic heterocycles. The number of halogens is 1. The molecule has 1 saturated heterocycles. The maximum Gasteiger partial charge on any atom is 0.229 e. The molecule has 44 heavy (non-hydrogen) atoms. The molecule has 0 atom stereocenters. The second-order valence-corrected chi connectivity index (χ2v) is 14.3. The van der Waals surface area contributed by atoms with Crippen molar-refractivity contribution in [2.75, 3.05) is 10.6 Å². The Morgan fingerprint density at radius 3 is 2.32 bits per heavy atom. The van der Waals surface area contributed by atoms with E-state index in [4.69, 9.17) is 16.3 Å². The van der Waals surface area contributed by atoms with Gasteiger partial charge >= 0.3 is 0 Å². The van der Waals surface area contributed by atoms with Crippen LogP contribution in [0.4, 0.5) is 23.1 Å². The maximum absolute atomic E-state index is 13.0. The monoisotopic (exact) mass is 653 g/mol. The van der Waals surface area contributed by atoms with Gasteiger partial charge in [0, 0.05) is 12.8 Å². The number of hydrogen-bond donors (Lipinski definition) is 9. The molecule has 0 aliphatic carbocycles. The number of para-hydroxylation sites is 1.